The summed E-state index contributed by atoms with van der Waals surface area (Å²) in [4.78, 5) is 24.6. The summed E-state index contributed by atoms with van der Waals surface area (Å²) in [5.74, 6) is -1.06. The molecular weight excluding hydrogens is 372 g/mol. The van der Waals surface area contributed by atoms with E-state index in [1.807, 2.05) is 0 Å². The van der Waals surface area contributed by atoms with E-state index in [9.17, 15) is 19.8 Å². The van der Waals surface area contributed by atoms with Crippen LogP contribution in [-0.2, 0) is 18.4 Å². The Hall–Kier alpha value is -3.40. The number of esters is 1. The minimum Gasteiger partial charge on any atom is -0.504 e. The van der Waals surface area contributed by atoms with Gasteiger partial charge in [0.1, 0.15) is 10.3 Å². The van der Waals surface area contributed by atoms with Crippen molar-refractivity contribution in [2.75, 3.05) is 0 Å². The van der Waals surface area contributed by atoms with E-state index < -0.39 is 11.7 Å². The van der Waals surface area contributed by atoms with Crippen molar-refractivity contribution in [3.63, 3.8) is 0 Å². The quantitative estimate of drug-likeness (QED) is 0.406. The molecule has 9 nitrogen and oxygen atoms in total. The summed E-state index contributed by atoms with van der Waals surface area (Å²) in [5, 5.41) is 29.5. The van der Waals surface area contributed by atoms with Gasteiger partial charge in [0.25, 0.3) is 5.56 Å². The van der Waals surface area contributed by atoms with Gasteiger partial charge in [-0.1, -0.05) is 6.07 Å². The molecule has 0 radical (unpaired) electrons. The van der Waals surface area contributed by atoms with Gasteiger partial charge >= 0.3 is 5.97 Å². The summed E-state index contributed by atoms with van der Waals surface area (Å²) in [6, 6.07) is 4.64. The second-order valence-electron chi connectivity index (χ2n) is 5.95. The molecule has 0 atom stereocenters. The van der Waals surface area contributed by atoms with Gasteiger partial charge in [-0.05, 0) is 30.0 Å². The third-order valence-electron chi connectivity index (χ3n) is 4.30. The summed E-state index contributed by atoms with van der Waals surface area (Å²) in [6.07, 6.45) is 0. The SMILES string of the molecule is Cc1ccc(C(=O)OCc2nnc3n(C)c(=O)c4sccc4n23)c(O)c1O. The molecule has 0 aliphatic rings. The van der Waals surface area contributed by atoms with Crippen LogP contribution in [0.4, 0.5) is 0 Å². The van der Waals surface area contributed by atoms with Crippen LogP contribution >= 0.6 is 11.3 Å². The molecule has 1 aromatic carbocycles. The molecule has 27 heavy (non-hydrogen) atoms. The van der Waals surface area contributed by atoms with E-state index in [1.165, 1.54) is 28.0 Å². The monoisotopic (exact) mass is 386 g/mol. The van der Waals surface area contributed by atoms with Gasteiger partial charge in [0, 0.05) is 7.05 Å². The van der Waals surface area contributed by atoms with Crippen molar-refractivity contribution in [3.05, 3.63) is 50.9 Å². The van der Waals surface area contributed by atoms with Gasteiger partial charge < -0.3 is 14.9 Å². The third kappa shape index (κ3) is 2.53. The van der Waals surface area contributed by atoms with E-state index in [-0.39, 0.29) is 23.5 Å². The Morgan fingerprint density at radius 3 is 2.78 bits per heavy atom. The van der Waals surface area contributed by atoms with Crippen LogP contribution in [0, 0.1) is 6.92 Å². The van der Waals surface area contributed by atoms with Crippen molar-refractivity contribution in [3.8, 4) is 11.5 Å². The fourth-order valence-electron chi connectivity index (χ4n) is 2.80. The van der Waals surface area contributed by atoms with E-state index in [0.29, 0.717) is 27.4 Å². The highest BCUT2D eigenvalue weighted by atomic mass is 32.1. The summed E-state index contributed by atoms with van der Waals surface area (Å²) in [7, 11) is 1.59. The van der Waals surface area contributed by atoms with E-state index >= 15 is 0 Å². The lowest BCUT2D eigenvalue weighted by Gasteiger charge is -2.09. The Morgan fingerprint density at radius 1 is 1.22 bits per heavy atom. The van der Waals surface area contributed by atoms with Crippen LogP contribution in [0.5, 0.6) is 11.5 Å². The van der Waals surface area contributed by atoms with E-state index in [1.54, 1.807) is 29.8 Å². The number of rotatable bonds is 3. The van der Waals surface area contributed by atoms with Crippen LogP contribution in [0.1, 0.15) is 21.7 Å². The molecule has 0 fully saturated rings. The first-order valence-electron chi connectivity index (χ1n) is 7.89. The summed E-state index contributed by atoms with van der Waals surface area (Å²) in [6.45, 7) is 1.38. The number of hydrogen-bond donors (Lipinski definition) is 2. The first-order chi connectivity index (χ1) is 12.9. The highest BCUT2D eigenvalue weighted by molar-refractivity contribution is 7.17. The molecule has 4 aromatic rings. The summed E-state index contributed by atoms with van der Waals surface area (Å²) in [5.41, 5.74) is 0.738. The molecule has 0 saturated heterocycles. The standard InChI is InChI=1S/C17H14N4O5S/c1-8-3-4-9(13(23)12(8)22)16(25)26-7-11-18-19-17-20(2)15(24)14-10(21(11)17)5-6-27-14/h3-6,22-23H,7H2,1-2H3. The highest BCUT2D eigenvalue weighted by Gasteiger charge is 2.20. The fraction of sp³-hybridized carbons (Fsp3) is 0.176. The topological polar surface area (TPSA) is 119 Å². The van der Waals surface area contributed by atoms with Crippen LogP contribution in [0.3, 0.4) is 0 Å². The zero-order valence-corrected chi connectivity index (χ0v) is 15.1. The van der Waals surface area contributed by atoms with Gasteiger partial charge in [-0.25, -0.2) is 4.79 Å². The number of benzene rings is 1. The first-order valence-corrected chi connectivity index (χ1v) is 8.77. The largest absolute Gasteiger partial charge is 0.504 e. The van der Waals surface area contributed by atoms with Crippen LogP contribution in [-0.4, -0.2) is 35.3 Å². The van der Waals surface area contributed by atoms with Crippen molar-refractivity contribution in [1.82, 2.24) is 19.2 Å². The molecular formula is C17H14N4O5S. The van der Waals surface area contributed by atoms with Crippen molar-refractivity contribution in [2.24, 2.45) is 7.05 Å². The van der Waals surface area contributed by atoms with Crippen molar-refractivity contribution < 1.29 is 19.7 Å². The molecule has 0 aliphatic carbocycles. The Morgan fingerprint density at radius 2 is 2.00 bits per heavy atom. The van der Waals surface area contributed by atoms with Crippen LogP contribution in [0.15, 0.2) is 28.4 Å². The molecule has 3 aromatic heterocycles. The van der Waals surface area contributed by atoms with Gasteiger partial charge in [0.15, 0.2) is 23.9 Å². The lowest BCUT2D eigenvalue weighted by molar-refractivity contribution is 0.0457. The molecule has 0 aliphatic heterocycles. The average Bonchev–Trinajstić information content (AvgIpc) is 3.29. The number of nitrogens with zero attached hydrogens (tertiary/aromatic N) is 4. The highest BCUT2D eigenvalue weighted by Crippen LogP contribution is 2.32. The zero-order valence-electron chi connectivity index (χ0n) is 14.3. The molecule has 3 heterocycles. The second-order valence-corrected chi connectivity index (χ2v) is 6.87. The minimum atomic E-state index is -0.814. The lowest BCUT2D eigenvalue weighted by Crippen LogP contribution is -2.19. The lowest BCUT2D eigenvalue weighted by atomic mass is 10.1. The number of hydrogen-bond acceptors (Lipinski definition) is 8. The van der Waals surface area contributed by atoms with E-state index in [2.05, 4.69) is 10.2 Å². The summed E-state index contributed by atoms with van der Waals surface area (Å²) >= 11 is 1.30. The second kappa shape index (κ2) is 6.09. The number of phenols is 2. The van der Waals surface area contributed by atoms with Gasteiger partial charge in [-0.2, -0.15) is 0 Å². The van der Waals surface area contributed by atoms with Gasteiger partial charge in [0.2, 0.25) is 5.78 Å². The molecule has 2 N–H and O–H groups in total. The third-order valence-corrected chi connectivity index (χ3v) is 5.19. The Bertz CT molecular complexity index is 1270. The van der Waals surface area contributed by atoms with E-state index in [4.69, 9.17) is 4.74 Å². The number of thiophene rings is 1. The Labute approximate surface area is 155 Å². The normalized spacial score (nSPS) is 11.3. The number of fused-ring (bicyclic) bond motifs is 3. The maximum atomic E-state index is 12.3. The Balaban J connectivity index is 1.70. The first kappa shape index (κ1) is 17.0. The molecule has 4 rings (SSSR count). The van der Waals surface area contributed by atoms with Gasteiger partial charge in [0.05, 0.1) is 5.52 Å². The van der Waals surface area contributed by atoms with Crippen molar-refractivity contribution in [2.45, 2.75) is 13.5 Å². The van der Waals surface area contributed by atoms with Crippen molar-refractivity contribution >= 4 is 33.3 Å². The predicted octanol–water partition coefficient (Wildman–Crippen LogP) is 1.72. The molecule has 138 valence electrons. The smallest absolute Gasteiger partial charge is 0.342 e. The molecule has 0 amide bonds. The van der Waals surface area contributed by atoms with Crippen LogP contribution < -0.4 is 5.56 Å². The Kier molecular flexibility index (Phi) is 3.84. The summed E-state index contributed by atoms with van der Waals surface area (Å²) < 4.78 is 8.80. The van der Waals surface area contributed by atoms with Crippen molar-refractivity contribution in [1.29, 1.82) is 0 Å². The number of aryl methyl sites for hydroxylation is 2. The number of carbonyl (C=O) groups excluding carboxylic acids is 1. The minimum absolute atomic E-state index is 0.153. The van der Waals surface area contributed by atoms with Crippen LogP contribution in [0.25, 0.3) is 16.0 Å². The maximum Gasteiger partial charge on any atom is 0.342 e. The molecule has 0 spiro atoms. The fourth-order valence-corrected chi connectivity index (χ4v) is 3.65. The number of carbonyl (C=O) groups is 1. The van der Waals surface area contributed by atoms with Gasteiger partial charge in [-0.15, -0.1) is 21.5 Å². The van der Waals surface area contributed by atoms with Crippen LogP contribution in [0.2, 0.25) is 0 Å². The average molecular weight is 386 g/mol. The predicted molar refractivity (Wildman–Crippen MR) is 97.2 cm³/mol. The number of aromatic hydroxyl groups is 2. The molecule has 10 heteroatoms. The molecule has 0 bridgehead atoms. The molecule has 0 unspecified atom stereocenters. The number of ether oxygens (including phenoxy) is 1. The number of phenolic OH excluding ortho intramolecular Hbond substituents is 2. The maximum absolute atomic E-state index is 12.3. The van der Waals surface area contributed by atoms with Gasteiger partial charge in [-0.3, -0.25) is 13.8 Å². The molecule has 0 saturated carbocycles. The van der Waals surface area contributed by atoms with E-state index in [0.717, 1.165) is 0 Å². The zero-order chi connectivity index (χ0) is 19.3. The number of aromatic nitrogens is 4.